The van der Waals surface area contributed by atoms with Crippen LogP contribution in [0.15, 0.2) is 60.3 Å². The van der Waals surface area contributed by atoms with Crippen LogP contribution >= 0.6 is 0 Å². The third-order valence-electron chi connectivity index (χ3n) is 4.48. The maximum absolute atomic E-state index is 12.7. The van der Waals surface area contributed by atoms with Crippen LogP contribution in [0.4, 0.5) is 18.9 Å². The first-order valence-corrected chi connectivity index (χ1v) is 8.36. The van der Waals surface area contributed by atoms with Gasteiger partial charge < -0.3 is 15.0 Å². The quantitative estimate of drug-likeness (QED) is 0.622. The lowest BCUT2D eigenvalue weighted by atomic mass is 9.91. The summed E-state index contributed by atoms with van der Waals surface area (Å²) in [5.41, 5.74) is 3.74. The molecule has 1 aromatic heterocycles. The van der Waals surface area contributed by atoms with Crippen molar-refractivity contribution < 1.29 is 22.7 Å². The molecule has 0 saturated heterocycles. The standard InChI is InChI=1S/C20H15F3N2O2/c21-20(22,23)27-14-8-6-13(7-9-14)24-11-12-5-10-16-15-3-1-2-4-17(15)25-18(16)19(12)26/h1-4,6-9,11,24-25H,5,10H2. The number of halogens is 3. The van der Waals surface area contributed by atoms with Gasteiger partial charge >= 0.3 is 6.36 Å². The first-order chi connectivity index (χ1) is 12.9. The Morgan fingerprint density at radius 2 is 1.78 bits per heavy atom. The number of para-hydroxylation sites is 1. The number of carbonyl (C=O) groups excluding carboxylic acids is 1. The maximum atomic E-state index is 12.7. The van der Waals surface area contributed by atoms with Crippen LogP contribution in [-0.2, 0) is 6.42 Å². The van der Waals surface area contributed by atoms with E-state index in [0.717, 1.165) is 22.9 Å². The maximum Gasteiger partial charge on any atom is 0.573 e. The number of H-pyrrole nitrogens is 1. The summed E-state index contributed by atoms with van der Waals surface area (Å²) in [5.74, 6) is -0.367. The predicted molar refractivity (Wildman–Crippen MR) is 95.8 cm³/mol. The summed E-state index contributed by atoms with van der Waals surface area (Å²) < 4.78 is 40.4. The highest BCUT2D eigenvalue weighted by Crippen LogP contribution is 2.31. The number of Topliss-reactive ketones (excluding diaryl/α,β-unsaturated/α-hetero) is 1. The molecule has 1 aliphatic carbocycles. The third kappa shape index (κ3) is 3.53. The van der Waals surface area contributed by atoms with Crippen molar-refractivity contribution in [2.75, 3.05) is 5.32 Å². The minimum atomic E-state index is -4.72. The van der Waals surface area contributed by atoms with E-state index in [1.165, 1.54) is 24.3 Å². The smallest absolute Gasteiger partial charge is 0.406 e. The third-order valence-corrected chi connectivity index (χ3v) is 4.48. The summed E-state index contributed by atoms with van der Waals surface area (Å²) >= 11 is 0. The van der Waals surface area contributed by atoms with Gasteiger partial charge in [-0.1, -0.05) is 18.2 Å². The Bertz CT molecular complexity index is 1030. The van der Waals surface area contributed by atoms with Gasteiger partial charge in [-0.2, -0.15) is 0 Å². The highest BCUT2D eigenvalue weighted by atomic mass is 19.4. The molecule has 7 heteroatoms. The number of aromatic amines is 1. The van der Waals surface area contributed by atoms with E-state index < -0.39 is 6.36 Å². The molecule has 27 heavy (non-hydrogen) atoms. The number of aryl methyl sites for hydroxylation is 1. The number of benzene rings is 2. The molecular weight excluding hydrogens is 357 g/mol. The molecular formula is C20H15F3N2O2. The molecule has 138 valence electrons. The zero-order valence-corrected chi connectivity index (χ0v) is 14.1. The van der Waals surface area contributed by atoms with Crippen molar-refractivity contribution in [2.24, 2.45) is 0 Å². The van der Waals surface area contributed by atoms with Gasteiger partial charge in [0.2, 0.25) is 5.78 Å². The van der Waals surface area contributed by atoms with Crippen molar-refractivity contribution in [3.05, 3.63) is 71.6 Å². The van der Waals surface area contributed by atoms with E-state index in [2.05, 4.69) is 15.0 Å². The van der Waals surface area contributed by atoms with E-state index in [1.54, 1.807) is 6.20 Å². The van der Waals surface area contributed by atoms with E-state index in [9.17, 15) is 18.0 Å². The van der Waals surface area contributed by atoms with Gasteiger partial charge in [-0.3, -0.25) is 4.79 Å². The fraction of sp³-hybridized carbons (Fsp3) is 0.150. The lowest BCUT2D eigenvalue weighted by molar-refractivity contribution is -0.274. The number of carbonyl (C=O) groups is 1. The molecule has 0 fully saturated rings. The molecule has 1 aliphatic rings. The Morgan fingerprint density at radius 1 is 1.04 bits per heavy atom. The number of ketones is 1. The van der Waals surface area contributed by atoms with Crippen LogP contribution in [-0.4, -0.2) is 17.1 Å². The largest absolute Gasteiger partial charge is 0.573 e. The lowest BCUT2D eigenvalue weighted by Gasteiger charge is -2.14. The van der Waals surface area contributed by atoms with Crippen LogP contribution in [0.25, 0.3) is 10.9 Å². The summed E-state index contributed by atoms with van der Waals surface area (Å²) in [6.45, 7) is 0. The van der Waals surface area contributed by atoms with Gasteiger partial charge in [-0.05, 0) is 48.7 Å². The van der Waals surface area contributed by atoms with Gasteiger partial charge in [0.1, 0.15) is 5.75 Å². The first kappa shape index (κ1) is 17.2. The number of aromatic nitrogens is 1. The Kier molecular flexibility index (Phi) is 4.14. The van der Waals surface area contributed by atoms with Crippen LogP contribution in [0.3, 0.4) is 0 Å². The Morgan fingerprint density at radius 3 is 2.52 bits per heavy atom. The molecule has 3 aromatic rings. The highest BCUT2D eigenvalue weighted by molar-refractivity contribution is 6.13. The van der Waals surface area contributed by atoms with Gasteiger partial charge in [0, 0.05) is 28.4 Å². The molecule has 0 bridgehead atoms. The van der Waals surface area contributed by atoms with Crippen LogP contribution in [0, 0.1) is 0 Å². The molecule has 0 unspecified atom stereocenters. The average molecular weight is 372 g/mol. The summed E-state index contributed by atoms with van der Waals surface area (Å²) in [7, 11) is 0. The summed E-state index contributed by atoms with van der Waals surface area (Å²) in [6.07, 6.45) is -1.77. The number of nitrogens with one attached hydrogen (secondary N) is 2. The SMILES string of the molecule is O=C1C(=CNc2ccc(OC(F)(F)F)cc2)CCc2c1[nH]c1ccccc21. The number of anilines is 1. The first-order valence-electron chi connectivity index (χ1n) is 8.36. The summed E-state index contributed by atoms with van der Waals surface area (Å²) in [5, 5.41) is 4.03. The topological polar surface area (TPSA) is 54.1 Å². The second kappa shape index (κ2) is 6.50. The zero-order chi connectivity index (χ0) is 19.0. The molecule has 1 heterocycles. The van der Waals surface area contributed by atoms with Crippen molar-refractivity contribution in [2.45, 2.75) is 19.2 Å². The molecule has 2 N–H and O–H groups in total. The van der Waals surface area contributed by atoms with Gasteiger partial charge in [0.25, 0.3) is 0 Å². The number of rotatable bonds is 3. The van der Waals surface area contributed by atoms with Gasteiger partial charge in [0.15, 0.2) is 0 Å². The number of ether oxygens (including phenoxy) is 1. The molecule has 0 spiro atoms. The summed E-state index contributed by atoms with van der Waals surface area (Å²) in [6, 6.07) is 13.1. The van der Waals surface area contributed by atoms with Crippen molar-refractivity contribution >= 4 is 22.4 Å². The van der Waals surface area contributed by atoms with E-state index in [0.29, 0.717) is 23.4 Å². The molecule has 0 atom stereocenters. The van der Waals surface area contributed by atoms with Crippen LogP contribution in [0.2, 0.25) is 0 Å². The van der Waals surface area contributed by atoms with Gasteiger partial charge in [-0.15, -0.1) is 13.2 Å². The molecule has 0 amide bonds. The highest BCUT2D eigenvalue weighted by Gasteiger charge is 2.31. The molecule has 0 saturated carbocycles. The van der Waals surface area contributed by atoms with Crippen molar-refractivity contribution in [1.82, 2.24) is 4.98 Å². The van der Waals surface area contributed by atoms with E-state index in [1.807, 2.05) is 24.3 Å². The Hall–Kier alpha value is -3.22. The zero-order valence-electron chi connectivity index (χ0n) is 14.1. The minimum Gasteiger partial charge on any atom is -0.406 e. The van der Waals surface area contributed by atoms with Crippen LogP contribution in [0.5, 0.6) is 5.75 Å². The van der Waals surface area contributed by atoms with E-state index in [4.69, 9.17) is 0 Å². The lowest BCUT2D eigenvalue weighted by Crippen LogP contribution is -2.17. The fourth-order valence-corrected chi connectivity index (χ4v) is 3.25. The van der Waals surface area contributed by atoms with E-state index >= 15 is 0 Å². The molecule has 4 rings (SSSR count). The van der Waals surface area contributed by atoms with Gasteiger partial charge in [-0.25, -0.2) is 0 Å². The Balaban J connectivity index is 1.51. The van der Waals surface area contributed by atoms with Crippen LogP contribution < -0.4 is 10.1 Å². The number of allylic oxidation sites excluding steroid dienone is 1. The minimum absolute atomic E-state index is 0.0722. The Labute approximate surface area is 152 Å². The average Bonchev–Trinajstić information content (AvgIpc) is 3.01. The van der Waals surface area contributed by atoms with Crippen molar-refractivity contribution in [1.29, 1.82) is 0 Å². The fourth-order valence-electron chi connectivity index (χ4n) is 3.25. The number of fused-ring (bicyclic) bond motifs is 3. The van der Waals surface area contributed by atoms with Crippen LogP contribution in [0.1, 0.15) is 22.5 Å². The normalized spacial score (nSPS) is 15.8. The second-order valence-corrected chi connectivity index (χ2v) is 6.24. The predicted octanol–water partition coefficient (Wildman–Crippen LogP) is 5.19. The van der Waals surface area contributed by atoms with E-state index in [-0.39, 0.29) is 11.5 Å². The molecule has 0 radical (unpaired) electrons. The summed E-state index contributed by atoms with van der Waals surface area (Å²) in [4.78, 5) is 15.9. The monoisotopic (exact) mass is 372 g/mol. The molecule has 4 nitrogen and oxygen atoms in total. The number of hydrogen-bond donors (Lipinski definition) is 2. The molecule has 0 aliphatic heterocycles. The number of hydrogen-bond acceptors (Lipinski definition) is 3. The van der Waals surface area contributed by atoms with Crippen molar-refractivity contribution in [3.63, 3.8) is 0 Å². The molecule has 2 aromatic carbocycles. The number of alkyl halides is 3. The second-order valence-electron chi connectivity index (χ2n) is 6.24. The van der Waals surface area contributed by atoms with Gasteiger partial charge in [0.05, 0.1) is 5.69 Å². The van der Waals surface area contributed by atoms with Crippen molar-refractivity contribution in [3.8, 4) is 5.75 Å².